The van der Waals surface area contributed by atoms with Gasteiger partial charge in [-0.25, -0.2) is 0 Å². The normalized spacial score (nSPS) is 12.4. The molecule has 0 aromatic carbocycles. The topological polar surface area (TPSA) is 64.5 Å². The summed E-state index contributed by atoms with van der Waals surface area (Å²) in [7, 11) is 0. The third-order valence-electron chi connectivity index (χ3n) is 1.92. The van der Waals surface area contributed by atoms with Gasteiger partial charge in [0.1, 0.15) is 0 Å². The van der Waals surface area contributed by atoms with E-state index in [1.54, 1.807) is 6.20 Å². The fourth-order valence-electron chi connectivity index (χ4n) is 1.02. The molecule has 0 aliphatic rings. The maximum atomic E-state index is 8.54. The zero-order valence-electron chi connectivity index (χ0n) is 7.96. The third kappa shape index (κ3) is 2.88. The first-order valence-corrected chi connectivity index (χ1v) is 4.33. The first-order chi connectivity index (χ1) is 6.24. The summed E-state index contributed by atoms with van der Waals surface area (Å²) in [4.78, 5) is 0. The smallest absolute Gasteiger partial charge is 0.0666 e. The van der Waals surface area contributed by atoms with E-state index in [1.165, 1.54) is 0 Å². The van der Waals surface area contributed by atoms with E-state index in [0.717, 1.165) is 24.3 Å². The molecule has 0 bridgehead atoms. The Hall–Kier alpha value is -1.34. The molecular formula is C9H14N4. The summed E-state index contributed by atoms with van der Waals surface area (Å²) in [5.74, 6) is 0.0622. The minimum absolute atomic E-state index is 0.0622. The number of aromatic nitrogens is 2. The van der Waals surface area contributed by atoms with Gasteiger partial charge >= 0.3 is 0 Å². The Morgan fingerprint density at radius 3 is 3.08 bits per heavy atom. The molecule has 1 heterocycles. The van der Waals surface area contributed by atoms with Crippen LogP contribution in [0, 0.1) is 24.2 Å². The van der Waals surface area contributed by atoms with E-state index in [0.29, 0.717) is 0 Å². The van der Waals surface area contributed by atoms with Crippen LogP contribution in [-0.4, -0.2) is 16.7 Å². The SMILES string of the molecule is Cc1[nH]ncc1CNCC(C)C#N. The number of nitriles is 1. The number of rotatable bonds is 4. The summed E-state index contributed by atoms with van der Waals surface area (Å²) in [6.45, 7) is 5.38. The molecule has 4 nitrogen and oxygen atoms in total. The highest BCUT2D eigenvalue weighted by Gasteiger charge is 2.01. The summed E-state index contributed by atoms with van der Waals surface area (Å²) in [5.41, 5.74) is 2.24. The molecular weight excluding hydrogens is 164 g/mol. The van der Waals surface area contributed by atoms with E-state index in [1.807, 2.05) is 13.8 Å². The molecule has 0 saturated carbocycles. The molecule has 1 unspecified atom stereocenters. The fraction of sp³-hybridized carbons (Fsp3) is 0.556. The van der Waals surface area contributed by atoms with E-state index in [9.17, 15) is 0 Å². The van der Waals surface area contributed by atoms with Gasteiger partial charge in [-0.15, -0.1) is 0 Å². The van der Waals surface area contributed by atoms with Gasteiger partial charge in [0.25, 0.3) is 0 Å². The lowest BCUT2D eigenvalue weighted by molar-refractivity contribution is 0.600. The van der Waals surface area contributed by atoms with Crippen LogP contribution < -0.4 is 5.32 Å². The van der Waals surface area contributed by atoms with Gasteiger partial charge < -0.3 is 5.32 Å². The van der Waals surface area contributed by atoms with Crippen LogP contribution in [0.2, 0.25) is 0 Å². The average Bonchev–Trinajstić information content (AvgIpc) is 2.52. The number of hydrogen-bond donors (Lipinski definition) is 2. The Balaban J connectivity index is 2.29. The maximum absolute atomic E-state index is 8.54. The van der Waals surface area contributed by atoms with Gasteiger partial charge in [0, 0.05) is 24.3 Å². The second-order valence-corrected chi connectivity index (χ2v) is 3.18. The lowest BCUT2D eigenvalue weighted by Crippen LogP contribution is -2.19. The van der Waals surface area contributed by atoms with Crippen LogP contribution in [0.3, 0.4) is 0 Å². The Kier molecular flexibility index (Phi) is 3.47. The fourth-order valence-corrected chi connectivity index (χ4v) is 1.02. The van der Waals surface area contributed by atoms with Crippen molar-refractivity contribution in [2.24, 2.45) is 5.92 Å². The second-order valence-electron chi connectivity index (χ2n) is 3.18. The van der Waals surface area contributed by atoms with Gasteiger partial charge in [0.05, 0.1) is 18.2 Å². The standard InChI is InChI=1S/C9H14N4/c1-7(3-10)4-11-5-9-6-12-13-8(9)2/h6-7,11H,4-5H2,1-2H3,(H,12,13). The zero-order chi connectivity index (χ0) is 9.68. The molecule has 0 aliphatic carbocycles. The van der Waals surface area contributed by atoms with E-state index < -0.39 is 0 Å². The van der Waals surface area contributed by atoms with Gasteiger partial charge in [-0.2, -0.15) is 10.4 Å². The van der Waals surface area contributed by atoms with Gasteiger partial charge in [-0.1, -0.05) is 0 Å². The molecule has 70 valence electrons. The predicted molar refractivity (Wildman–Crippen MR) is 49.8 cm³/mol. The van der Waals surface area contributed by atoms with Crippen molar-refractivity contribution in [2.75, 3.05) is 6.54 Å². The number of aromatic amines is 1. The van der Waals surface area contributed by atoms with E-state index in [-0.39, 0.29) is 5.92 Å². The van der Waals surface area contributed by atoms with Crippen LogP contribution in [0.15, 0.2) is 6.20 Å². The van der Waals surface area contributed by atoms with E-state index in [2.05, 4.69) is 21.6 Å². The molecule has 13 heavy (non-hydrogen) atoms. The lowest BCUT2D eigenvalue weighted by Gasteiger charge is -2.04. The minimum atomic E-state index is 0.0622. The van der Waals surface area contributed by atoms with Crippen molar-refractivity contribution < 1.29 is 0 Å². The first kappa shape index (κ1) is 9.75. The molecule has 0 saturated heterocycles. The van der Waals surface area contributed by atoms with Crippen molar-refractivity contribution in [2.45, 2.75) is 20.4 Å². The molecule has 0 aliphatic heterocycles. The van der Waals surface area contributed by atoms with Crippen LogP contribution in [0.1, 0.15) is 18.2 Å². The number of hydrogen-bond acceptors (Lipinski definition) is 3. The van der Waals surface area contributed by atoms with E-state index in [4.69, 9.17) is 5.26 Å². The molecule has 1 aromatic rings. The molecule has 0 fully saturated rings. The van der Waals surface area contributed by atoms with Crippen molar-refractivity contribution in [1.29, 1.82) is 5.26 Å². The van der Waals surface area contributed by atoms with Crippen molar-refractivity contribution in [1.82, 2.24) is 15.5 Å². The molecule has 0 radical (unpaired) electrons. The Labute approximate surface area is 78.0 Å². The molecule has 2 N–H and O–H groups in total. The maximum Gasteiger partial charge on any atom is 0.0666 e. The number of aryl methyl sites for hydroxylation is 1. The summed E-state index contributed by atoms with van der Waals surface area (Å²) in [6, 6.07) is 2.17. The van der Waals surface area contributed by atoms with Crippen LogP contribution in [0.5, 0.6) is 0 Å². The first-order valence-electron chi connectivity index (χ1n) is 4.33. The summed E-state index contributed by atoms with van der Waals surface area (Å²) >= 11 is 0. The highest BCUT2D eigenvalue weighted by molar-refractivity contribution is 5.13. The Morgan fingerprint density at radius 1 is 1.77 bits per heavy atom. The van der Waals surface area contributed by atoms with Crippen molar-refractivity contribution in [3.05, 3.63) is 17.5 Å². The largest absolute Gasteiger partial charge is 0.311 e. The quantitative estimate of drug-likeness (QED) is 0.722. The lowest BCUT2D eigenvalue weighted by atomic mass is 10.2. The summed E-state index contributed by atoms with van der Waals surface area (Å²) in [6.07, 6.45) is 1.80. The zero-order valence-corrected chi connectivity index (χ0v) is 7.96. The monoisotopic (exact) mass is 178 g/mol. The summed E-state index contributed by atoms with van der Waals surface area (Å²) < 4.78 is 0. The van der Waals surface area contributed by atoms with Gasteiger partial charge in [-0.3, -0.25) is 5.10 Å². The van der Waals surface area contributed by atoms with E-state index >= 15 is 0 Å². The van der Waals surface area contributed by atoms with Gasteiger partial charge in [0.2, 0.25) is 0 Å². The molecule has 4 heteroatoms. The van der Waals surface area contributed by atoms with Gasteiger partial charge in [-0.05, 0) is 13.8 Å². The van der Waals surface area contributed by atoms with Crippen molar-refractivity contribution in [3.8, 4) is 6.07 Å². The van der Waals surface area contributed by atoms with Gasteiger partial charge in [0.15, 0.2) is 0 Å². The molecule has 1 aromatic heterocycles. The number of H-pyrrole nitrogens is 1. The van der Waals surface area contributed by atoms with Crippen molar-refractivity contribution >= 4 is 0 Å². The predicted octanol–water partition coefficient (Wildman–Crippen LogP) is 0.967. The van der Waals surface area contributed by atoms with Crippen LogP contribution in [0.4, 0.5) is 0 Å². The molecule has 0 spiro atoms. The second kappa shape index (κ2) is 4.63. The van der Waals surface area contributed by atoms with Crippen LogP contribution >= 0.6 is 0 Å². The number of nitrogens with one attached hydrogen (secondary N) is 2. The summed E-state index contributed by atoms with van der Waals surface area (Å²) in [5, 5.41) is 18.5. The molecule has 1 rings (SSSR count). The van der Waals surface area contributed by atoms with Crippen molar-refractivity contribution in [3.63, 3.8) is 0 Å². The highest BCUT2D eigenvalue weighted by atomic mass is 15.1. The molecule has 1 atom stereocenters. The average molecular weight is 178 g/mol. The Bertz CT molecular complexity index is 297. The number of nitrogens with zero attached hydrogens (tertiary/aromatic N) is 2. The van der Waals surface area contributed by atoms with Crippen LogP contribution in [-0.2, 0) is 6.54 Å². The highest BCUT2D eigenvalue weighted by Crippen LogP contribution is 2.01. The Morgan fingerprint density at radius 2 is 2.54 bits per heavy atom. The minimum Gasteiger partial charge on any atom is -0.311 e. The third-order valence-corrected chi connectivity index (χ3v) is 1.92. The molecule has 0 amide bonds. The van der Waals surface area contributed by atoms with Crippen LogP contribution in [0.25, 0.3) is 0 Å².